The Morgan fingerprint density at radius 3 is 2.55 bits per heavy atom. The van der Waals surface area contributed by atoms with Crippen LogP contribution in [0.25, 0.3) is 0 Å². The van der Waals surface area contributed by atoms with Crippen LogP contribution in [0.2, 0.25) is 0 Å². The number of benzene rings is 2. The van der Waals surface area contributed by atoms with Gasteiger partial charge in [-0.1, -0.05) is 48.5 Å². The van der Waals surface area contributed by atoms with Crippen molar-refractivity contribution >= 4 is 0 Å². The zero-order chi connectivity index (χ0) is 13.1. The Kier molecular flexibility index (Phi) is 2.18. The molecule has 100 valence electrons. The van der Waals surface area contributed by atoms with Crippen molar-refractivity contribution in [3.05, 3.63) is 70.8 Å². The largest absolute Gasteiger partial charge is 0.294 e. The number of fused-ring (bicyclic) bond motifs is 7. The van der Waals surface area contributed by atoms with Gasteiger partial charge in [-0.15, -0.1) is 0 Å². The van der Waals surface area contributed by atoms with Crippen LogP contribution in [0.1, 0.15) is 34.2 Å². The van der Waals surface area contributed by atoms with Crippen molar-refractivity contribution in [1.29, 1.82) is 0 Å². The summed E-state index contributed by atoms with van der Waals surface area (Å²) in [6.45, 7) is 1.02. The Bertz CT molecular complexity index is 681. The molecule has 2 nitrogen and oxygen atoms in total. The summed E-state index contributed by atoms with van der Waals surface area (Å²) >= 11 is 0. The molecule has 0 radical (unpaired) electrons. The normalized spacial score (nSPS) is 30.5. The Hall–Kier alpha value is -1.64. The van der Waals surface area contributed by atoms with E-state index < -0.39 is 0 Å². The molecule has 0 amide bonds. The number of hydrogen-bond acceptors (Lipinski definition) is 2. The summed E-state index contributed by atoms with van der Waals surface area (Å²) in [6.07, 6.45) is 2.51. The van der Waals surface area contributed by atoms with Crippen molar-refractivity contribution in [1.82, 2.24) is 5.06 Å². The van der Waals surface area contributed by atoms with Gasteiger partial charge in [0.05, 0.1) is 12.1 Å². The fraction of sp³-hybridized carbons (Fsp3) is 0.333. The maximum absolute atomic E-state index is 6.26. The zero-order valence-corrected chi connectivity index (χ0v) is 11.3. The molecule has 2 heterocycles. The molecule has 1 aliphatic carbocycles. The summed E-state index contributed by atoms with van der Waals surface area (Å²) in [5, 5.41) is 2.24. The van der Waals surface area contributed by atoms with Crippen molar-refractivity contribution in [2.75, 3.05) is 6.54 Å². The molecule has 0 aromatic heterocycles. The third-order valence-electron chi connectivity index (χ3n) is 5.13. The number of hydroxylamine groups is 2. The van der Waals surface area contributed by atoms with E-state index in [1.54, 1.807) is 0 Å². The van der Waals surface area contributed by atoms with Crippen molar-refractivity contribution < 1.29 is 4.84 Å². The number of hydrogen-bond donors (Lipinski definition) is 0. The average Bonchev–Trinajstić information content (AvgIpc) is 3.02. The lowest BCUT2D eigenvalue weighted by Gasteiger charge is -2.32. The van der Waals surface area contributed by atoms with Crippen molar-refractivity contribution in [2.45, 2.75) is 30.9 Å². The number of rotatable bonds is 0. The molecule has 0 N–H and O–H groups in total. The van der Waals surface area contributed by atoms with E-state index in [9.17, 15) is 0 Å². The molecule has 0 bridgehead atoms. The molecule has 3 aliphatic rings. The quantitative estimate of drug-likeness (QED) is 0.723. The van der Waals surface area contributed by atoms with Crippen LogP contribution in [-0.2, 0) is 17.7 Å². The highest BCUT2D eigenvalue weighted by atomic mass is 16.7. The van der Waals surface area contributed by atoms with Crippen LogP contribution < -0.4 is 0 Å². The first-order valence-electron chi connectivity index (χ1n) is 7.51. The van der Waals surface area contributed by atoms with Crippen molar-refractivity contribution in [3.8, 4) is 0 Å². The lowest BCUT2D eigenvalue weighted by Crippen LogP contribution is -2.31. The molecule has 1 fully saturated rings. The van der Waals surface area contributed by atoms with E-state index >= 15 is 0 Å². The Balaban J connectivity index is 1.67. The molecular weight excluding hydrogens is 246 g/mol. The third-order valence-corrected chi connectivity index (χ3v) is 5.13. The van der Waals surface area contributed by atoms with E-state index in [4.69, 9.17) is 4.84 Å². The Morgan fingerprint density at radius 1 is 0.900 bits per heavy atom. The minimum Gasteiger partial charge on any atom is -0.294 e. The minimum absolute atomic E-state index is 0.337. The SMILES string of the molecule is c1ccc2c(c1)C[C@@H]1ON3CCc4ccccc4[C@@H]3[C@H]21. The second kappa shape index (κ2) is 3.94. The van der Waals surface area contributed by atoms with Gasteiger partial charge in [-0.25, -0.2) is 0 Å². The van der Waals surface area contributed by atoms with Crippen LogP contribution in [0.3, 0.4) is 0 Å². The fourth-order valence-corrected chi connectivity index (χ4v) is 4.31. The Labute approximate surface area is 118 Å². The van der Waals surface area contributed by atoms with Gasteiger partial charge in [0, 0.05) is 18.9 Å². The summed E-state index contributed by atoms with van der Waals surface area (Å²) in [6, 6.07) is 18.2. The fourth-order valence-electron chi connectivity index (χ4n) is 4.31. The van der Waals surface area contributed by atoms with Crippen LogP contribution in [0.4, 0.5) is 0 Å². The molecule has 20 heavy (non-hydrogen) atoms. The van der Waals surface area contributed by atoms with Gasteiger partial charge in [0.25, 0.3) is 0 Å². The first kappa shape index (κ1) is 11.1. The zero-order valence-electron chi connectivity index (χ0n) is 11.3. The smallest absolute Gasteiger partial charge is 0.0921 e. The molecule has 0 spiro atoms. The van der Waals surface area contributed by atoms with E-state index in [0.29, 0.717) is 18.1 Å². The van der Waals surface area contributed by atoms with E-state index in [0.717, 1.165) is 19.4 Å². The second-order valence-electron chi connectivity index (χ2n) is 6.11. The first-order chi connectivity index (χ1) is 9.92. The predicted octanol–water partition coefficient (Wildman–Crippen LogP) is 3.24. The molecule has 2 heteroatoms. The van der Waals surface area contributed by atoms with Gasteiger partial charge in [-0.05, 0) is 28.7 Å². The van der Waals surface area contributed by atoms with E-state index in [2.05, 4.69) is 53.6 Å². The summed E-state index contributed by atoms with van der Waals surface area (Å²) < 4.78 is 0. The molecule has 0 unspecified atom stereocenters. The molecule has 2 aromatic carbocycles. The lowest BCUT2D eigenvalue weighted by molar-refractivity contribution is -0.165. The van der Waals surface area contributed by atoms with Gasteiger partial charge >= 0.3 is 0 Å². The average molecular weight is 263 g/mol. The van der Waals surface area contributed by atoms with Crippen LogP contribution in [-0.4, -0.2) is 17.7 Å². The first-order valence-corrected chi connectivity index (χ1v) is 7.51. The van der Waals surface area contributed by atoms with Gasteiger partial charge in [0.15, 0.2) is 0 Å². The molecule has 2 aromatic rings. The third kappa shape index (κ3) is 1.36. The monoisotopic (exact) mass is 263 g/mol. The van der Waals surface area contributed by atoms with Gasteiger partial charge in [-0.3, -0.25) is 4.84 Å². The summed E-state index contributed by atoms with van der Waals surface area (Å²) in [4.78, 5) is 6.26. The molecule has 1 saturated heterocycles. The standard InChI is InChI=1S/C18H17NO/c1-4-8-15-12(5-1)9-10-19-18(15)17-14-7-3-2-6-13(14)11-16(17)20-19/h1-8,16-18H,9-11H2/t16-,17+,18+/m0/s1. The van der Waals surface area contributed by atoms with E-state index in [1.807, 2.05) is 0 Å². The van der Waals surface area contributed by atoms with Gasteiger partial charge in [0.2, 0.25) is 0 Å². The predicted molar refractivity (Wildman–Crippen MR) is 77.4 cm³/mol. The summed E-state index contributed by atoms with van der Waals surface area (Å²) in [5.74, 6) is 0.507. The highest BCUT2D eigenvalue weighted by Gasteiger charge is 2.50. The lowest BCUT2D eigenvalue weighted by atomic mass is 9.83. The molecule has 2 aliphatic heterocycles. The van der Waals surface area contributed by atoms with Crippen LogP contribution in [0, 0.1) is 0 Å². The van der Waals surface area contributed by atoms with Crippen LogP contribution in [0.15, 0.2) is 48.5 Å². The summed E-state index contributed by atoms with van der Waals surface area (Å²) in [5.41, 5.74) is 5.96. The van der Waals surface area contributed by atoms with Crippen LogP contribution >= 0.6 is 0 Å². The maximum Gasteiger partial charge on any atom is 0.0921 e. The van der Waals surface area contributed by atoms with Gasteiger partial charge < -0.3 is 0 Å². The van der Waals surface area contributed by atoms with Gasteiger partial charge in [0.1, 0.15) is 0 Å². The highest BCUT2D eigenvalue weighted by Crippen LogP contribution is 2.53. The topological polar surface area (TPSA) is 12.5 Å². The van der Waals surface area contributed by atoms with Gasteiger partial charge in [-0.2, -0.15) is 5.06 Å². The molecular formula is C18H17NO. The molecule has 3 atom stereocenters. The Morgan fingerprint density at radius 2 is 1.65 bits per heavy atom. The minimum atomic E-state index is 0.337. The van der Waals surface area contributed by atoms with Crippen molar-refractivity contribution in [3.63, 3.8) is 0 Å². The summed E-state index contributed by atoms with van der Waals surface area (Å²) in [7, 11) is 0. The van der Waals surface area contributed by atoms with Crippen LogP contribution in [0.5, 0.6) is 0 Å². The highest BCUT2D eigenvalue weighted by molar-refractivity contribution is 5.44. The molecule has 5 rings (SSSR count). The van der Waals surface area contributed by atoms with Crippen molar-refractivity contribution in [2.24, 2.45) is 0 Å². The van der Waals surface area contributed by atoms with E-state index in [-0.39, 0.29) is 0 Å². The molecule has 0 saturated carbocycles. The second-order valence-corrected chi connectivity index (χ2v) is 6.11. The van der Waals surface area contributed by atoms with E-state index in [1.165, 1.54) is 22.3 Å². The maximum atomic E-state index is 6.26. The number of nitrogens with zero attached hydrogens (tertiary/aromatic N) is 1.